The van der Waals surface area contributed by atoms with E-state index >= 15 is 0 Å². The van der Waals surface area contributed by atoms with Crippen LogP contribution in [0.25, 0.3) is 0 Å². The Bertz CT molecular complexity index is 1240. The van der Waals surface area contributed by atoms with E-state index in [1.54, 1.807) is 0 Å². The van der Waals surface area contributed by atoms with E-state index in [2.05, 4.69) is 105 Å². The van der Waals surface area contributed by atoms with Crippen molar-refractivity contribution in [3.63, 3.8) is 0 Å². The van der Waals surface area contributed by atoms with Gasteiger partial charge in [-0.15, -0.1) is 0 Å². The van der Waals surface area contributed by atoms with Crippen molar-refractivity contribution >= 4 is 0 Å². The van der Waals surface area contributed by atoms with Gasteiger partial charge in [-0.2, -0.15) is 0 Å². The van der Waals surface area contributed by atoms with Crippen LogP contribution in [0.15, 0.2) is 97.6 Å². The normalized spacial score (nSPS) is 11.0. The third-order valence-electron chi connectivity index (χ3n) is 7.70. The van der Waals surface area contributed by atoms with E-state index < -0.39 is 0 Å². The number of aromatic nitrogens is 4. The minimum atomic E-state index is 0.859. The fourth-order valence-corrected chi connectivity index (χ4v) is 5.17. The number of hydrogen-bond acceptors (Lipinski definition) is 9. The average Bonchev–Trinajstić information content (AvgIpc) is 3.12. The molecular formula is C40H63N9. The van der Waals surface area contributed by atoms with Crippen LogP contribution in [0.4, 0.5) is 0 Å². The van der Waals surface area contributed by atoms with E-state index in [1.807, 2.05) is 79.4 Å². The van der Waals surface area contributed by atoms with Crippen LogP contribution < -0.4 is 5.32 Å². The van der Waals surface area contributed by atoms with Crippen molar-refractivity contribution in [3.05, 3.63) is 120 Å². The Balaban J connectivity index is 0.000000270. The monoisotopic (exact) mass is 670 g/mol. The van der Waals surface area contributed by atoms with Crippen molar-refractivity contribution < 1.29 is 0 Å². The van der Waals surface area contributed by atoms with E-state index in [1.165, 1.54) is 25.8 Å². The van der Waals surface area contributed by atoms with E-state index in [0.717, 1.165) is 88.2 Å². The topological polar surface area (TPSA) is 76.6 Å². The van der Waals surface area contributed by atoms with Crippen molar-refractivity contribution in [2.45, 2.75) is 66.2 Å². The first-order valence-corrected chi connectivity index (χ1v) is 18.0. The molecule has 0 fully saturated rings. The molecular weight excluding hydrogens is 607 g/mol. The number of likely N-dealkylation sites (N-methyl/N-ethyl adjacent to an activating group) is 2. The molecule has 268 valence electrons. The highest BCUT2D eigenvalue weighted by atomic mass is 15.2. The Labute approximate surface area is 297 Å². The highest BCUT2D eigenvalue weighted by Gasteiger charge is 2.10. The highest BCUT2D eigenvalue weighted by molar-refractivity contribution is 5.06. The summed E-state index contributed by atoms with van der Waals surface area (Å²) in [4.78, 5) is 26.8. The van der Waals surface area contributed by atoms with Crippen LogP contribution in [-0.2, 0) is 26.2 Å². The molecule has 0 bridgehead atoms. The Hall–Kier alpha value is -3.60. The molecule has 0 spiro atoms. The molecule has 0 aromatic carbocycles. The zero-order valence-electron chi connectivity index (χ0n) is 31.2. The summed E-state index contributed by atoms with van der Waals surface area (Å²) in [6.45, 7) is 17.8. The molecule has 0 radical (unpaired) electrons. The van der Waals surface area contributed by atoms with Crippen LogP contribution in [0.3, 0.4) is 0 Å². The van der Waals surface area contributed by atoms with Gasteiger partial charge in [0, 0.05) is 77.1 Å². The van der Waals surface area contributed by atoms with Gasteiger partial charge in [0.1, 0.15) is 0 Å². The zero-order valence-corrected chi connectivity index (χ0v) is 31.2. The molecule has 4 rings (SSSR count). The maximum absolute atomic E-state index is 4.45. The van der Waals surface area contributed by atoms with Gasteiger partial charge in [0.05, 0.1) is 22.8 Å². The highest BCUT2D eigenvalue weighted by Crippen LogP contribution is 2.07. The molecule has 0 aliphatic carbocycles. The molecule has 0 saturated heterocycles. The van der Waals surface area contributed by atoms with Gasteiger partial charge < -0.3 is 20.0 Å². The third-order valence-corrected chi connectivity index (χ3v) is 7.70. The number of pyridine rings is 4. The minimum Gasteiger partial charge on any atom is -0.310 e. The number of hydrogen-bond donors (Lipinski definition) is 1. The number of nitrogens with zero attached hydrogens (tertiary/aromatic N) is 8. The predicted molar refractivity (Wildman–Crippen MR) is 205 cm³/mol. The maximum atomic E-state index is 4.45. The summed E-state index contributed by atoms with van der Waals surface area (Å²) in [6.07, 6.45) is 11.0. The molecule has 9 heteroatoms. The van der Waals surface area contributed by atoms with Crippen LogP contribution in [0.2, 0.25) is 0 Å². The molecule has 0 amide bonds. The first kappa shape index (κ1) is 41.6. The Morgan fingerprint density at radius 2 is 0.857 bits per heavy atom. The molecule has 0 atom stereocenters. The van der Waals surface area contributed by atoms with E-state index in [4.69, 9.17) is 0 Å². The molecule has 0 aliphatic heterocycles. The number of rotatable bonds is 20. The summed E-state index contributed by atoms with van der Waals surface area (Å²) in [6, 6.07) is 24.2. The van der Waals surface area contributed by atoms with Gasteiger partial charge in [0.2, 0.25) is 0 Å². The quantitative estimate of drug-likeness (QED) is 0.110. The molecule has 4 aromatic heterocycles. The minimum absolute atomic E-state index is 0.859. The molecule has 0 aliphatic rings. The van der Waals surface area contributed by atoms with Gasteiger partial charge in [-0.3, -0.25) is 24.8 Å². The van der Waals surface area contributed by atoms with Crippen LogP contribution in [0.5, 0.6) is 0 Å². The molecule has 1 N–H and O–H groups in total. The maximum Gasteiger partial charge on any atom is 0.0544 e. The fraction of sp³-hybridized carbons (Fsp3) is 0.500. The zero-order chi connectivity index (χ0) is 35.4. The molecule has 4 aromatic rings. The van der Waals surface area contributed by atoms with Gasteiger partial charge >= 0.3 is 0 Å². The summed E-state index contributed by atoms with van der Waals surface area (Å²) >= 11 is 0. The predicted octanol–water partition coefficient (Wildman–Crippen LogP) is 6.26. The average molecular weight is 670 g/mol. The van der Waals surface area contributed by atoms with Gasteiger partial charge in [-0.1, -0.05) is 45.0 Å². The first-order chi connectivity index (χ1) is 23.9. The molecule has 49 heavy (non-hydrogen) atoms. The summed E-state index contributed by atoms with van der Waals surface area (Å²) < 4.78 is 0. The second-order valence-electron chi connectivity index (χ2n) is 12.5. The van der Waals surface area contributed by atoms with E-state index in [9.17, 15) is 0 Å². The lowest BCUT2D eigenvalue weighted by molar-refractivity contribution is 0.208. The van der Waals surface area contributed by atoms with Gasteiger partial charge in [0.25, 0.3) is 0 Å². The van der Waals surface area contributed by atoms with Crippen molar-refractivity contribution in [1.82, 2.24) is 44.9 Å². The first-order valence-electron chi connectivity index (χ1n) is 18.0. The van der Waals surface area contributed by atoms with E-state index in [0.29, 0.717) is 0 Å². The molecule has 0 saturated carbocycles. The lowest BCUT2D eigenvalue weighted by Gasteiger charge is -2.25. The van der Waals surface area contributed by atoms with Crippen molar-refractivity contribution in [1.29, 1.82) is 0 Å². The van der Waals surface area contributed by atoms with Gasteiger partial charge in [-0.05, 0) is 109 Å². The molecule has 9 nitrogen and oxygen atoms in total. The standard InChI is InChI=1S/C18H26N4.C12H21N3.C10H16N2/c1-3-12-21(2)13-14-22(15-17-8-4-6-10-19-17)16-18-9-5-7-11-20-18;1-3-9-15(2)10-8-13-11-12-6-4-5-7-14-12;1-3-8-12(2)9-10-6-4-5-7-11-10/h4-11H,3,12-16H2,1-2H3;4-7,13H,3,8-11H2,1-2H3;4-7H,3,8-9H2,1-2H3. The van der Waals surface area contributed by atoms with Crippen LogP contribution >= 0.6 is 0 Å². The molecule has 4 heterocycles. The fourth-order valence-electron chi connectivity index (χ4n) is 5.17. The smallest absolute Gasteiger partial charge is 0.0544 e. The van der Waals surface area contributed by atoms with Gasteiger partial charge in [-0.25, -0.2) is 0 Å². The Morgan fingerprint density at radius 3 is 1.29 bits per heavy atom. The second kappa shape index (κ2) is 27.2. The second-order valence-corrected chi connectivity index (χ2v) is 12.5. The van der Waals surface area contributed by atoms with Crippen molar-refractivity contribution in [3.8, 4) is 0 Å². The van der Waals surface area contributed by atoms with Crippen LogP contribution in [0.1, 0.15) is 62.8 Å². The van der Waals surface area contributed by atoms with Crippen molar-refractivity contribution in [2.24, 2.45) is 0 Å². The summed E-state index contributed by atoms with van der Waals surface area (Å²) in [5, 5.41) is 3.39. The van der Waals surface area contributed by atoms with Gasteiger partial charge in [0.15, 0.2) is 0 Å². The summed E-state index contributed by atoms with van der Waals surface area (Å²) in [5.74, 6) is 0. The summed E-state index contributed by atoms with van der Waals surface area (Å²) in [5.41, 5.74) is 4.47. The van der Waals surface area contributed by atoms with Crippen molar-refractivity contribution in [2.75, 3.05) is 67.0 Å². The Morgan fingerprint density at radius 1 is 0.449 bits per heavy atom. The van der Waals surface area contributed by atoms with E-state index in [-0.39, 0.29) is 0 Å². The Kier molecular flexibility index (Phi) is 23.1. The lowest BCUT2D eigenvalue weighted by Crippen LogP contribution is -2.33. The van der Waals surface area contributed by atoms with Crippen LogP contribution in [-0.4, -0.2) is 106 Å². The third kappa shape index (κ3) is 21.2. The lowest BCUT2D eigenvalue weighted by atomic mass is 10.3. The summed E-state index contributed by atoms with van der Waals surface area (Å²) in [7, 11) is 6.47. The SMILES string of the molecule is CCCN(C)CCN(Cc1ccccn1)Cc1ccccn1.CCCN(C)CCNCc1ccccn1.CCCN(C)Cc1ccccn1. The number of nitrogens with one attached hydrogen (secondary N) is 1. The largest absolute Gasteiger partial charge is 0.310 e. The molecule has 0 unspecified atom stereocenters. The van der Waals surface area contributed by atoms with Crippen LogP contribution in [0, 0.1) is 0 Å².